The number of hydrogen-bond acceptors (Lipinski definition) is 2. The summed E-state index contributed by atoms with van der Waals surface area (Å²) in [5, 5.41) is 0. The Hall–Kier alpha value is -2.65. The van der Waals surface area contributed by atoms with Crippen molar-refractivity contribution < 1.29 is 13.9 Å². The normalized spacial score (nSPS) is 11.3. The molecule has 3 aromatic rings. The van der Waals surface area contributed by atoms with E-state index in [1.165, 1.54) is 17.7 Å². The van der Waals surface area contributed by atoms with Crippen LogP contribution in [-0.4, -0.2) is 6.61 Å². The van der Waals surface area contributed by atoms with Crippen molar-refractivity contribution in [1.29, 1.82) is 0 Å². The predicted molar refractivity (Wildman–Crippen MR) is 102 cm³/mol. The third kappa shape index (κ3) is 4.93. The van der Waals surface area contributed by atoms with E-state index in [0.29, 0.717) is 24.7 Å². The highest BCUT2D eigenvalue weighted by atomic mass is 19.1. The number of ether oxygens (including phenoxy) is 2. The average Bonchev–Trinajstić information content (AvgIpc) is 2.65. The van der Waals surface area contributed by atoms with Crippen LogP contribution in [0.2, 0.25) is 0 Å². The minimum absolute atomic E-state index is 0.0521. The molecule has 0 N–H and O–H groups in total. The van der Waals surface area contributed by atoms with Crippen LogP contribution in [0.25, 0.3) is 0 Å². The molecule has 0 fully saturated rings. The maximum Gasteiger partial charge on any atom is 0.127 e. The van der Waals surface area contributed by atoms with Gasteiger partial charge in [-0.15, -0.1) is 0 Å². The fraction of sp³-hybridized carbons (Fsp3) is 0.217. The quantitative estimate of drug-likeness (QED) is 0.511. The van der Waals surface area contributed by atoms with Gasteiger partial charge in [0, 0.05) is 5.41 Å². The third-order valence-electron chi connectivity index (χ3n) is 4.23. The van der Waals surface area contributed by atoms with Crippen LogP contribution in [0.4, 0.5) is 4.39 Å². The molecule has 3 heteroatoms. The summed E-state index contributed by atoms with van der Waals surface area (Å²) in [5.41, 5.74) is 2.24. The van der Waals surface area contributed by atoms with Gasteiger partial charge >= 0.3 is 0 Å². The number of halogens is 1. The number of benzene rings is 3. The molecule has 0 atom stereocenters. The Morgan fingerprint density at radius 1 is 0.808 bits per heavy atom. The highest BCUT2D eigenvalue weighted by Crippen LogP contribution is 2.25. The summed E-state index contributed by atoms with van der Waals surface area (Å²) in [5.74, 6) is 1.04. The van der Waals surface area contributed by atoms with Gasteiger partial charge in [0.05, 0.1) is 13.2 Å². The monoisotopic (exact) mass is 350 g/mol. The summed E-state index contributed by atoms with van der Waals surface area (Å²) < 4.78 is 24.7. The first-order chi connectivity index (χ1) is 12.5. The van der Waals surface area contributed by atoms with Crippen LogP contribution in [0.5, 0.6) is 11.5 Å². The Bertz CT molecular complexity index is 826. The van der Waals surface area contributed by atoms with Crippen molar-refractivity contribution in [3.63, 3.8) is 0 Å². The van der Waals surface area contributed by atoms with Gasteiger partial charge in [0.15, 0.2) is 0 Å². The second-order valence-corrected chi connectivity index (χ2v) is 6.95. The van der Waals surface area contributed by atoms with E-state index in [4.69, 9.17) is 9.47 Å². The summed E-state index contributed by atoms with van der Waals surface area (Å²) >= 11 is 0. The zero-order chi connectivity index (χ0) is 18.4. The molecule has 0 aliphatic rings. The summed E-state index contributed by atoms with van der Waals surface area (Å²) in [6.45, 7) is 5.49. The van der Waals surface area contributed by atoms with E-state index in [1.807, 2.05) is 42.5 Å². The van der Waals surface area contributed by atoms with Gasteiger partial charge in [0.1, 0.15) is 17.3 Å². The Labute approximate surface area is 154 Å². The van der Waals surface area contributed by atoms with Crippen LogP contribution in [0.1, 0.15) is 25.0 Å². The van der Waals surface area contributed by atoms with E-state index in [9.17, 15) is 4.39 Å². The molecule has 26 heavy (non-hydrogen) atoms. The van der Waals surface area contributed by atoms with Crippen LogP contribution in [0.3, 0.4) is 0 Å². The van der Waals surface area contributed by atoms with Gasteiger partial charge in [-0.2, -0.15) is 0 Å². The lowest BCUT2D eigenvalue weighted by Crippen LogP contribution is -2.24. The first kappa shape index (κ1) is 18.2. The van der Waals surface area contributed by atoms with Crippen molar-refractivity contribution in [2.24, 2.45) is 0 Å². The molecule has 0 radical (unpaired) electrons. The first-order valence-electron chi connectivity index (χ1n) is 8.69. The highest BCUT2D eigenvalue weighted by molar-refractivity contribution is 5.34. The molecule has 3 rings (SSSR count). The molecule has 3 aromatic carbocycles. The molecule has 0 aliphatic carbocycles. The molecular weight excluding hydrogens is 327 g/mol. The van der Waals surface area contributed by atoms with E-state index < -0.39 is 0 Å². The van der Waals surface area contributed by atoms with Gasteiger partial charge in [-0.3, -0.25) is 0 Å². The topological polar surface area (TPSA) is 18.5 Å². The van der Waals surface area contributed by atoms with Gasteiger partial charge < -0.3 is 9.47 Å². The molecule has 0 saturated heterocycles. The minimum Gasteiger partial charge on any atom is -0.457 e. The van der Waals surface area contributed by atoms with Gasteiger partial charge in [0.2, 0.25) is 0 Å². The lowest BCUT2D eigenvalue weighted by Gasteiger charge is -2.25. The second kappa shape index (κ2) is 8.15. The summed E-state index contributed by atoms with van der Waals surface area (Å²) in [4.78, 5) is 0. The average molecular weight is 350 g/mol. The molecular formula is C23H23FO2. The Balaban J connectivity index is 1.58. The Morgan fingerprint density at radius 3 is 2.27 bits per heavy atom. The Morgan fingerprint density at radius 2 is 1.54 bits per heavy atom. The molecule has 0 unspecified atom stereocenters. The molecule has 134 valence electrons. The van der Waals surface area contributed by atoms with Crippen molar-refractivity contribution in [2.45, 2.75) is 25.9 Å². The van der Waals surface area contributed by atoms with Crippen molar-refractivity contribution in [1.82, 2.24) is 0 Å². The van der Waals surface area contributed by atoms with E-state index >= 15 is 0 Å². The van der Waals surface area contributed by atoms with Gasteiger partial charge in [-0.1, -0.05) is 56.3 Å². The molecule has 2 nitrogen and oxygen atoms in total. The van der Waals surface area contributed by atoms with Crippen molar-refractivity contribution in [3.05, 3.63) is 95.8 Å². The van der Waals surface area contributed by atoms with Crippen LogP contribution in [0.15, 0.2) is 78.9 Å². The maximum absolute atomic E-state index is 13.0. The van der Waals surface area contributed by atoms with Crippen molar-refractivity contribution in [2.75, 3.05) is 6.61 Å². The molecule has 0 spiro atoms. The molecule has 0 heterocycles. The van der Waals surface area contributed by atoms with Crippen LogP contribution < -0.4 is 4.74 Å². The zero-order valence-electron chi connectivity index (χ0n) is 15.1. The number of hydrogen-bond donors (Lipinski definition) is 0. The second-order valence-electron chi connectivity index (χ2n) is 6.95. The first-order valence-corrected chi connectivity index (χ1v) is 8.69. The highest BCUT2D eigenvalue weighted by Gasteiger charge is 2.20. The van der Waals surface area contributed by atoms with Gasteiger partial charge in [0.25, 0.3) is 0 Å². The predicted octanol–water partition coefficient (Wildman–Crippen LogP) is 6.11. The SMILES string of the molecule is CC(C)(COCc1cccc(Oc2ccc(F)cc2)c1)c1ccccc1. The molecule has 0 bridgehead atoms. The summed E-state index contributed by atoms with van der Waals surface area (Å²) in [6, 6.07) is 24.1. The molecule has 0 amide bonds. The number of rotatable bonds is 7. The minimum atomic E-state index is -0.277. The van der Waals surface area contributed by atoms with Gasteiger partial charge in [-0.05, 0) is 47.5 Å². The summed E-state index contributed by atoms with van der Waals surface area (Å²) in [7, 11) is 0. The lowest BCUT2D eigenvalue weighted by molar-refractivity contribution is 0.0824. The molecule has 0 aliphatic heterocycles. The van der Waals surface area contributed by atoms with Crippen LogP contribution >= 0.6 is 0 Å². The fourth-order valence-corrected chi connectivity index (χ4v) is 2.73. The summed E-state index contributed by atoms with van der Waals surface area (Å²) in [6.07, 6.45) is 0. The van der Waals surface area contributed by atoms with Crippen molar-refractivity contribution in [3.8, 4) is 11.5 Å². The van der Waals surface area contributed by atoms with Gasteiger partial charge in [-0.25, -0.2) is 4.39 Å². The van der Waals surface area contributed by atoms with E-state index in [2.05, 4.69) is 26.0 Å². The van der Waals surface area contributed by atoms with Crippen LogP contribution in [0, 0.1) is 5.82 Å². The maximum atomic E-state index is 13.0. The standard InChI is InChI=1S/C23H23FO2/c1-23(2,19-8-4-3-5-9-19)17-25-16-18-7-6-10-22(15-18)26-21-13-11-20(24)12-14-21/h3-15H,16-17H2,1-2H3. The molecule has 0 saturated carbocycles. The van der Waals surface area contributed by atoms with Crippen LogP contribution in [-0.2, 0) is 16.8 Å². The zero-order valence-corrected chi connectivity index (χ0v) is 15.1. The Kier molecular flexibility index (Phi) is 5.69. The molecule has 0 aromatic heterocycles. The lowest BCUT2D eigenvalue weighted by atomic mass is 9.86. The smallest absolute Gasteiger partial charge is 0.127 e. The fourth-order valence-electron chi connectivity index (χ4n) is 2.73. The third-order valence-corrected chi connectivity index (χ3v) is 4.23. The van der Waals surface area contributed by atoms with E-state index in [1.54, 1.807) is 12.1 Å². The van der Waals surface area contributed by atoms with E-state index in [-0.39, 0.29) is 11.2 Å². The van der Waals surface area contributed by atoms with E-state index in [0.717, 1.165) is 5.56 Å². The largest absolute Gasteiger partial charge is 0.457 e. The van der Waals surface area contributed by atoms with Crippen molar-refractivity contribution >= 4 is 0 Å².